The Bertz CT molecular complexity index is 1040. The molecule has 0 radical (unpaired) electrons. The number of amides is 1. The van der Waals surface area contributed by atoms with Gasteiger partial charge in [-0.15, -0.1) is 0 Å². The molecule has 1 aliphatic rings. The van der Waals surface area contributed by atoms with Crippen LogP contribution in [0.5, 0.6) is 5.75 Å². The number of likely N-dealkylation sites (N-methyl/N-ethyl adjacent to an activating group) is 1. The quantitative estimate of drug-likeness (QED) is 0.615. The summed E-state index contributed by atoms with van der Waals surface area (Å²) < 4.78 is 33.1. The topological polar surface area (TPSA) is 79.0 Å². The molecule has 1 atom stereocenters. The van der Waals surface area contributed by atoms with Crippen LogP contribution in [0.2, 0.25) is 5.02 Å². The second kappa shape index (κ2) is 10.7. The summed E-state index contributed by atoms with van der Waals surface area (Å²) in [5, 5.41) is 3.48. The van der Waals surface area contributed by atoms with Gasteiger partial charge < -0.3 is 10.1 Å². The minimum Gasteiger partial charge on any atom is -0.495 e. The maximum absolute atomic E-state index is 13.2. The molecule has 9 heteroatoms. The molecule has 2 aromatic carbocycles. The Kier molecular flexibility index (Phi) is 8.16. The van der Waals surface area contributed by atoms with Crippen LogP contribution < -0.4 is 10.1 Å². The van der Waals surface area contributed by atoms with Crippen LogP contribution in [-0.2, 0) is 14.8 Å². The number of hydrogen-bond acceptors (Lipinski definition) is 5. The summed E-state index contributed by atoms with van der Waals surface area (Å²) in [7, 11) is -0.403. The maximum Gasteiger partial charge on any atom is 0.246 e. The number of nitrogens with zero attached hydrogens (tertiary/aromatic N) is 2. The minimum absolute atomic E-state index is 0.00363. The van der Waals surface area contributed by atoms with Crippen molar-refractivity contribution >= 4 is 33.2 Å². The summed E-state index contributed by atoms with van der Waals surface area (Å²) in [6.07, 6.45) is 2.72. The number of sulfonamides is 1. The van der Waals surface area contributed by atoms with E-state index in [2.05, 4.69) is 5.32 Å². The van der Waals surface area contributed by atoms with Crippen molar-refractivity contribution in [2.75, 3.05) is 39.1 Å². The third-order valence-electron chi connectivity index (χ3n) is 5.79. The van der Waals surface area contributed by atoms with Crippen molar-refractivity contribution in [1.29, 1.82) is 0 Å². The van der Waals surface area contributed by atoms with Gasteiger partial charge in [0.2, 0.25) is 15.9 Å². The summed E-state index contributed by atoms with van der Waals surface area (Å²) in [4.78, 5) is 14.6. The fraction of sp³-hybridized carbons (Fsp3) is 0.435. The van der Waals surface area contributed by atoms with Gasteiger partial charge >= 0.3 is 0 Å². The van der Waals surface area contributed by atoms with Crippen molar-refractivity contribution in [3.8, 4) is 5.75 Å². The van der Waals surface area contributed by atoms with Crippen LogP contribution >= 0.6 is 11.6 Å². The Morgan fingerprint density at radius 2 is 1.81 bits per heavy atom. The van der Waals surface area contributed by atoms with Gasteiger partial charge in [-0.3, -0.25) is 9.69 Å². The lowest BCUT2D eigenvalue weighted by Crippen LogP contribution is -2.36. The second-order valence-electron chi connectivity index (χ2n) is 8.02. The van der Waals surface area contributed by atoms with E-state index in [1.807, 2.05) is 43.1 Å². The highest BCUT2D eigenvalue weighted by atomic mass is 35.5. The molecule has 2 aromatic rings. The number of ether oxygens (including phenoxy) is 1. The van der Waals surface area contributed by atoms with Crippen molar-refractivity contribution in [2.24, 2.45) is 0 Å². The van der Waals surface area contributed by atoms with Crippen LogP contribution in [-0.4, -0.2) is 57.3 Å². The summed E-state index contributed by atoms with van der Waals surface area (Å²) in [5.74, 6) is 0.0295. The zero-order valence-electron chi connectivity index (χ0n) is 18.7. The molecule has 0 bridgehead atoms. The predicted octanol–water partition coefficient (Wildman–Crippen LogP) is 4.15. The van der Waals surface area contributed by atoms with E-state index in [0.717, 1.165) is 24.8 Å². The van der Waals surface area contributed by atoms with Gasteiger partial charge in [0.25, 0.3) is 0 Å². The van der Waals surface area contributed by atoms with Crippen molar-refractivity contribution < 1.29 is 17.9 Å². The molecule has 0 aliphatic carbocycles. The standard InChI is InChI=1S/C23H30ClN3O4S/c1-17(18-7-9-19(24)10-8-18)26(2)16-23(28)25-20-11-12-21(31-3)22(15-20)32(29,30)27-13-5-4-6-14-27/h7-12,15,17H,4-6,13-14,16H2,1-3H3,(H,25,28). The number of methoxy groups -OCH3 is 1. The van der Waals surface area contributed by atoms with Crippen LogP contribution in [0.3, 0.4) is 0 Å². The number of rotatable bonds is 8. The van der Waals surface area contributed by atoms with E-state index < -0.39 is 10.0 Å². The Morgan fingerprint density at radius 3 is 2.44 bits per heavy atom. The zero-order chi connectivity index (χ0) is 23.3. The van der Waals surface area contributed by atoms with Crippen LogP contribution in [0.1, 0.15) is 37.8 Å². The maximum atomic E-state index is 13.2. The lowest BCUT2D eigenvalue weighted by atomic mass is 10.1. The molecule has 1 amide bonds. The number of anilines is 1. The lowest BCUT2D eigenvalue weighted by Gasteiger charge is -2.27. The third-order valence-corrected chi connectivity index (χ3v) is 7.96. The van der Waals surface area contributed by atoms with Gasteiger partial charge in [0.05, 0.1) is 13.7 Å². The molecule has 0 spiro atoms. The summed E-state index contributed by atoms with van der Waals surface area (Å²) >= 11 is 5.95. The van der Waals surface area contributed by atoms with E-state index in [9.17, 15) is 13.2 Å². The number of benzene rings is 2. The highest BCUT2D eigenvalue weighted by Crippen LogP contribution is 2.31. The average Bonchev–Trinajstić information content (AvgIpc) is 2.79. The summed E-state index contributed by atoms with van der Waals surface area (Å²) in [6.45, 7) is 3.14. The molecule has 1 N–H and O–H groups in total. The van der Waals surface area contributed by atoms with Gasteiger partial charge in [-0.2, -0.15) is 4.31 Å². The van der Waals surface area contributed by atoms with Crippen LogP contribution in [0.15, 0.2) is 47.4 Å². The monoisotopic (exact) mass is 479 g/mol. The van der Waals surface area contributed by atoms with E-state index in [4.69, 9.17) is 16.3 Å². The molecular weight excluding hydrogens is 450 g/mol. The van der Waals surface area contributed by atoms with Gasteiger partial charge in [0.1, 0.15) is 10.6 Å². The highest BCUT2D eigenvalue weighted by molar-refractivity contribution is 7.89. The van der Waals surface area contributed by atoms with Gasteiger partial charge in [0.15, 0.2) is 0 Å². The summed E-state index contributed by atoms with van der Waals surface area (Å²) in [5.41, 5.74) is 1.46. The fourth-order valence-corrected chi connectivity index (χ4v) is 5.58. The number of nitrogens with one attached hydrogen (secondary N) is 1. The normalized spacial score (nSPS) is 16.0. The molecule has 1 fully saturated rings. The van der Waals surface area contributed by atoms with E-state index in [-0.39, 0.29) is 29.1 Å². The molecule has 0 saturated carbocycles. The first-order chi connectivity index (χ1) is 15.2. The predicted molar refractivity (Wildman–Crippen MR) is 127 cm³/mol. The molecule has 1 heterocycles. The molecule has 1 aliphatic heterocycles. The van der Waals surface area contributed by atoms with Crippen molar-refractivity contribution in [2.45, 2.75) is 37.1 Å². The van der Waals surface area contributed by atoms with Gasteiger partial charge in [-0.05, 0) is 62.7 Å². The van der Waals surface area contributed by atoms with E-state index >= 15 is 0 Å². The lowest BCUT2D eigenvalue weighted by molar-refractivity contribution is -0.117. The molecule has 32 heavy (non-hydrogen) atoms. The Labute approximate surface area is 195 Å². The number of piperidine rings is 1. The first-order valence-corrected chi connectivity index (χ1v) is 12.5. The van der Waals surface area contributed by atoms with Crippen molar-refractivity contribution in [1.82, 2.24) is 9.21 Å². The molecule has 174 valence electrons. The Hall–Kier alpha value is -2.13. The van der Waals surface area contributed by atoms with Gasteiger partial charge in [-0.1, -0.05) is 30.2 Å². The van der Waals surface area contributed by atoms with Crippen LogP contribution in [0.4, 0.5) is 5.69 Å². The average molecular weight is 480 g/mol. The van der Waals surface area contributed by atoms with E-state index in [1.165, 1.54) is 17.5 Å². The molecule has 1 unspecified atom stereocenters. The zero-order valence-corrected chi connectivity index (χ0v) is 20.2. The minimum atomic E-state index is -3.70. The first-order valence-electron chi connectivity index (χ1n) is 10.7. The largest absolute Gasteiger partial charge is 0.495 e. The molecule has 3 rings (SSSR count). The first kappa shape index (κ1) is 24.5. The summed E-state index contributed by atoms with van der Waals surface area (Å²) in [6, 6.07) is 12.2. The van der Waals surface area contributed by atoms with Gasteiger partial charge in [0, 0.05) is 29.8 Å². The molecule has 0 aromatic heterocycles. The Balaban J connectivity index is 1.72. The molecule has 7 nitrogen and oxygen atoms in total. The van der Waals surface area contributed by atoms with Crippen molar-refractivity contribution in [3.05, 3.63) is 53.1 Å². The molecular formula is C23H30ClN3O4S. The van der Waals surface area contributed by atoms with E-state index in [0.29, 0.717) is 23.8 Å². The van der Waals surface area contributed by atoms with Crippen molar-refractivity contribution in [3.63, 3.8) is 0 Å². The van der Waals surface area contributed by atoms with Gasteiger partial charge in [-0.25, -0.2) is 8.42 Å². The van der Waals surface area contributed by atoms with E-state index in [1.54, 1.807) is 12.1 Å². The number of halogens is 1. The Morgan fingerprint density at radius 1 is 1.16 bits per heavy atom. The van der Waals surface area contributed by atoms with Crippen LogP contribution in [0.25, 0.3) is 0 Å². The van der Waals surface area contributed by atoms with Crippen LogP contribution in [0, 0.1) is 0 Å². The smallest absolute Gasteiger partial charge is 0.246 e. The number of carbonyl (C=O) groups excluding carboxylic acids is 1. The number of carbonyl (C=O) groups is 1. The third kappa shape index (κ3) is 5.81. The number of hydrogen-bond donors (Lipinski definition) is 1. The highest BCUT2D eigenvalue weighted by Gasteiger charge is 2.29. The SMILES string of the molecule is COc1ccc(NC(=O)CN(C)C(C)c2ccc(Cl)cc2)cc1S(=O)(=O)N1CCCCC1. The fourth-order valence-electron chi connectivity index (χ4n) is 3.76. The second-order valence-corrected chi connectivity index (χ2v) is 10.4. The molecule has 1 saturated heterocycles.